The fourth-order valence-corrected chi connectivity index (χ4v) is 5.95. The third-order valence-electron chi connectivity index (χ3n) is 7.08. The second kappa shape index (κ2) is 5.98. The van der Waals surface area contributed by atoms with Crippen LogP contribution in [0.4, 0.5) is 11.4 Å². The Bertz CT molecular complexity index is 1110. The molecule has 0 N–H and O–H groups in total. The van der Waals surface area contributed by atoms with Crippen LogP contribution in [0.15, 0.2) is 59.8 Å². The molecule has 6 atom stereocenters. The number of hydrogen-bond donors (Lipinski definition) is 0. The number of imide groups is 1. The number of carbonyl (C=O) groups is 2. The summed E-state index contributed by atoms with van der Waals surface area (Å²) in [6.07, 6.45) is 0.533. The molecule has 150 valence electrons. The molecule has 2 aromatic rings. The lowest BCUT2D eigenvalue weighted by atomic mass is 9.71. The molecule has 0 unspecified atom stereocenters. The molecular formula is C22H17N3O5. The molecule has 2 saturated carbocycles. The monoisotopic (exact) mass is 403 g/mol. The second-order valence-corrected chi connectivity index (χ2v) is 8.34. The van der Waals surface area contributed by atoms with Gasteiger partial charge in [0.05, 0.1) is 28.2 Å². The minimum atomic E-state index is -0.442. The van der Waals surface area contributed by atoms with Gasteiger partial charge in [0.1, 0.15) is 6.10 Å². The van der Waals surface area contributed by atoms with E-state index in [1.54, 1.807) is 24.3 Å². The number of carbonyl (C=O) groups excluding carboxylic acids is 2. The van der Waals surface area contributed by atoms with Crippen molar-refractivity contribution in [2.24, 2.45) is 34.7 Å². The van der Waals surface area contributed by atoms with E-state index in [9.17, 15) is 19.7 Å². The van der Waals surface area contributed by atoms with Gasteiger partial charge >= 0.3 is 0 Å². The molecule has 2 bridgehead atoms. The number of nitro benzene ring substituents is 1. The third kappa shape index (κ3) is 2.13. The van der Waals surface area contributed by atoms with Crippen molar-refractivity contribution in [1.29, 1.82) is 0 Å². The molecule has 4 aliphatic rings. The van der Waals surface area contributed by atoms with Gasteiger partial charge in [-0.1, -0.05) is 23.4 Å². The highest BCUT2D eigenvalue weighted by Crippen LogP contribution is 2.62. The number of nitro groups is 1. The first kappa shape index (κ1) is 17.3. The highest BCUT2D eigenvalue weighted by atomic mass is 16.6. The van der Waals surface area contributed by atoms with Crippen LogP contribution >= 0.6 is 0 Å². The van der Waals surface area contributed by atoms with Gasteiger partial charge in [-0.2, -0.15) is 0 Å². The zero-order chi connectivity index (χ0) is 20.6. The summed E-state index contributed by atoms with van der Waals surface area (Å²) in [5.41, 5.74) is 2.10. The van der Waals surface area contributed by atoms with Crippen molar-refractivity contribution in [3.05, 3.63) is 70.3 Å². The van der Waals surface area contributed by atoms with E-state index < -0.39 is 4.92 Å². The van der Waals surface area contributed by atoms with Crippen LogP contribution in [0.5, 0.6) is 0 Å². The van der Waals surface area contributed by atoms with E-state index in [1.807, 2.05) is 18.2 Å². The topological polar surface area (TPSA) is 102 Å². The zero-order valence-corrected chi connectivity index (χ0v) is 15.8. The summed E-state index contributed by atoms with van der Waals surface area (Å²) in [7, 11) is 0. The van der Waals surface area contributed by atoms with E-state index in [1.165, 1.54) is 17.0 Å². The maximum atomic E-state index is 13.3. The number of rotatable bonds is 3. The molecule has 3 fully saturated rings. The van der Waals surface area contributed by atoms with Crippen molar-refractivity contribution in [3.8, 4) is 0 Å². The van der Waals surface area contributed by atoms with Gasteiger partial charge in [0.25, 0.3) is 5.69 Å². The lowest BCUT2D eigenvalue weighted by Crippen LogP contribution is -2.41. The Morgan fingerprint density at radius 1 is 0.933 bits per heavy atom. The van der Waals surface area contributed by atoms with E-state index in [0.29, 0.717) is 5.69 Å². The largest absolute Gasteiger partial charge is 0.391 e. The number of non-ortho nitro benzene ring substituents is 1. The summed E-state index contributed by atoms with van der Waals surface area (Å²) in [4.78, 5) is 44.1. The number of oxime groups is 1. The number of nitrogens with zero attached hydrogens (tertiary/aromatic N) is 3. The van der Waals surface area contributed by atoms with Gasteiger partial charge in [-0.15, -0.1) is 0 Å². The average Bonchev–Trinajstić information content (AvgIpc) is 3.49. The Morgan fingerprint density at radius 3 is 2.27 bits per heavy atom. The SMILES string of the molecule is O=C1[C@@H]2[C@H]3C[C@@H]([C@@H]4ON=C(c5ccc([N+](=O)[O-])cc5)[C@@H]34)[C@H]2C(=O)N1c1ccccc1. The second-order valence-electron chi connectivity index (χ2n) is 8.34. The summed E-state index contributed by atoms with van der Waals surface area (Å²) in [5, 5.41) is 15.2. The van der Waals surface area contributed by atoms with Crippen LogP contribution in [0.3, 0.4) is 0 Å². The van der Waals surface area contributed by atoms with E-state index in [2.05, 4.69) is 5.16 Å². The molecule has 2 aliphatic heterocycles. The summed E-state index contributed by atoms with van der Waals surface area (Å²) < 4.78 is 0. The molecule has 8 nitrogen and oxygen atoms in total. The van der Waals surface area contributed by atoms with Crippen molar-refractivity contribution in [2.75, 3.05) is 4.90 Å². The van der Waals surface area contributed by atoms with Gasteiger partial charge in [0.2, 0.25) is 11.8 Å². The lowest BCUT2D eigenvalue weighted by Gasteiger charge is -2.29. The first-order valence-corrected chi connectivity index (χ1v) is 9.97. The van der Waals surface area contributed by atoms with Crippen LogP contribution in [0.2, 0.25) is 0 Å². The fourth-order valence-electron chi connectivity index (χ4n) is 5.95. The number of fused-ring (bicyclic) bond motifs is 8. The van der Waals surface area contributed by atoms with Crippen LogP contribution in [-0.4, -0.2) is 28.6 Å². The Labute approximate surface area is 171 Å². The number of anilines is 1. The predicted octanol–water partition coefficient (Wildman–Crippen LogP) is 2.77. The Balaban J connectivity index is 1.33. The van der Waals surface area contributed by atoms with Gasteiger partial charge in [0.15, 0.2) is 0 Å². The molecular weight excluding hydrogens is 386 g/mol. The lowest BCUT2D eigenvalue weighted by molar-refractivity contribution is -0.384. The highest BCUT2D eigenvalue weighted by Gasteiger charge is 2.70. The molecule has 0 spiro atoms. The maximum Gasteiger partial charge on any atom is 0.269 e. The average molecular weight is 403 g/mol. The molecule has 0 aromatic heterocycles. The number of para-hydroxylation sites is 1. The molecule has 30 heavy (non-hydrogen) atoms. The van der Waals surface area contributed by atoms with Gasteiger partial charge in [0, 0.05) is 29.5 Å². The van der Waals surface area contributed by atoms with Gasteiger partial charge in [-0.25, -0.2) is 0 Å². The molecule has 2 amide bonds. The molecule has 1 saturated heterocycles. The number of amides is 2. The van der Waals surface area contributed by atoms with Gasteiger partial charge in [-0.3, -0.25) is 24.6 Å². The molecule has 2 aliphatic carbocycles. The Morgan fingerprint density at radius 2 is 1.60 bits per heavy atom. The van der Waals surface area contributed by atoms with Crippen LogP contribution in [0, 0.1) is 39.7 Å². The van der Waals surface area contributed by atoms with E-state index in [-0.39, 0.29) is 53.2 Å². The summed E-state index contributed by atoms with van der Waals surface area (Å²) >= 11 is 0. The first-order valence-electron chi connectivity index (χ1n) is 9.97. The Hall–Kier alpha value is -3.55. The normalized spacial score (nSPS) is 33.3. The van der Waals surface area contributed by atoms with Gasteiger partial charge < -0.3 is 4.84 Å². The third-order valence-corrected chi connectivity index (χ3v) is 7.08. The van der Waals surface area contributed by atoms with Crippen LogP contribution < -0.4 is 4.90 Å². The summed E-state index contributed by atoms with van der Waals surface area (Å²) in [6, 6.07) is 15.3. The zero-order valence-electron chi connectivity index (χ0n) is 15.8. The van der Waals surface area contributed by atoms with Crippen molar-refractivity contribution in [1.82, 2.24) is 0 Å². The predicted molar refractivity (Wildman–Crippen MR) is 106 cm³/mol. The smallest absolute Gasteiger partial charge is 0.269 e. The van der Waals surface area contributed by atoms with Gasteiger partial charge in [-0.05, 0) is 36.6 Å². The maximum absolute atomic E-state index is 13.3. The number of hydrogen-bond acceptors (Lipinski definition) is 6. The minimum Gasteiger partial charge on any atom is -0.391 e. The van der Waals surface area contributed by atoms with Crippen LogP contribution in [0.25, 0.3) is 0 Å². The van der Waals surface area contributed by atoms with Crippen molar-refractivity contribution >= 4 is 28.9 Å². The number of benzene rings is 2. The molecule has 2 aromatic carbocycles. The van der Waals surface area contributed by atoms with E-state index >= 15 is 0 Å². The standard InChI is InChI=1S/C22H17N3O5/c26-21-16-14-10-15(17(16)22(27)24(21)12-4-2-1-3-5-12)20-18(14)19(23-30-20)11-6-8-13(9-7-11)25(28)29/h1-9,14-18,20H,10H2/t14-,15-,16-,17-,18-,20+/m1/s1. The summed E-state index contributed by atoms with van der Waals surface area (Å²) in [5.74, 6) is -1.16. The molecule has 2 heterocycles. The van der Waals surface area contributed by atoms with Crippen LogP contribution in [0.1, 0.15) is 12.0 Å². The van der Waals surface area contributed by atoms with E-state index in [0.717, 1.165) is 17.7 Å². The fraction of sp³-hybridized carbons (Fsp3) is 0.318. The van der Waals surface area contributed by atoms with Crippen molar-refractivity contribution in [3.63, 3.8) is 0 Å². The molecule has 6 rings (SSSR count). The summed E-state index contributed by atoms with van der Waals surface area (Å²) in [6.45, 7) is 0. The minimum absolute atomic E-state index is 0.0119. The van der Waals surface area contributed by atoms with Crippen molar-refractivity contribution < 1.29 is 19.3 Å². The Kier molecular flexibility index (Phi) is 3.45. The highest BCUT2D eigenvalue weighted by molar-refractivity contribution is 6.23. The van der Waals surface area contributed by atoms with Crippen LogP contribution in [-0.2, 0) is 14.4 Å². The van der Waals surface area contributed by atoms with E-state index in [4.69, 9.17) is 4.84 Å². The molecule has 8 heteroatoms. The van der Waals surface area contributed by atoms with Crippen molar-refractivity contribution in [2.45, 2.75) is 12.5 Å². The molecule has 0 radical (unpaired) electrons. The first-order chi connectivity index (χ1) is 14.6. The quantitative estimate of drug-likeness (QED) is 0.445.